The fourth-order valence-corrected chi connectivity index (χ4v) is 2.24. The summed E-state index contributed by atoms with van der Waals surface area (Å²) in [6.45, 7) is 9.70. The monoisotopic (exact) mass is 287 g/mol. The van der Waals surface area contributed by atoms with Crippen molar-refractivity contribution in [3.8, 4) is 0 Å². The molecule has 1 aromatic carbocycles. The van der Waals surface area contributed by atoms with Crippen molar-refractivity contribution in [3.63, 3.8) is 0 Å². The van der Waals surface area contributed by atoms with Crippen molar-refractivity contribution in [3.05, 3.63) is 61.2 Å². The van der Waals surface area contributed by atoms with E-state index in [0.29, 0.717) is 0 Å². The lowest BCUT2D eigenvalue weighted by molar-refractivity contribution is -0.143. The van der Waals surface area contributed by atoms with E-state index >= 15 is 0 Å². The number of hydrogen-bond acceptors (Lipinski definition) is 3. The summed E-state index contributed by atoms with van der Waals surface area (Å²) >= 11 is 0. The Morgan fingerprint density at radius 3 is 2.52 bits per heavy atom. The maximum absolute atomic E-state index is 12.1. The largest absolute Gasteiger partial charge is 0.468 e. The van der Waals surface area contributed by atoms with Crippen LogP contribution in [-0.2, 0) is 9.53 Å². The summed E-state index contributed by atoms with van der Waals surface area (Å²) in [5.74, 6) is -0.0260. The summed E-state index contributed by atoms with van der Waals surface area (Å²) < 4.78 is 4.94. The number of benzene rings is 1. The van der Waals surface area contributed by atoms with E-state index < -0.39 is 6.04 Å². The van der Waals surface area contributed by atoms with Gasteiger partial charge in [-0.25, -0.2) is 4.79 Å². The Hall–Kier alpha value is -1.87. The van der Waals surface area contributed by atoms with Crippen LogP contribution in [0.15, 0.2) is 55.6 Å². The lowest BCUT2D eigenvalue weighted by atomic mass is 9.95. The summed E-state index contributed by atoms with van der Waals surface area (Å²) in [6.07, 6.45) is 5.58. The third-order valence-electron chi connectivity index (χ3n) is 3.64. The second kappa shape index (κ2) is 9.14. The first kappa shape index (κ1) is 17.2. The number of esters is 1. The second-order valence-corrected chi connectivity index (χ2v) is 5.10. The van der Waals surface area contributed by atoms with E-state index in [1.165, 1.54) is 7.11 Å². The minimum Gasteiger partial charge on any atom is -0.468 e. The van der Waals surface area contributed by atoms with Crippen molar-refractivity contribution in [2.75, 3.05) is 7.11 Å². The van der Waals surface area contributed by atoms with E-state index in [9.17, 15) is 4.79 Å². The Kier molecular flexibility index (Phi) is 7.48. The second-order valence-electron chi connectivity index (χ2n) is 5.10. The topological polar surface area (TPSA) is 38.3 Å². The predicted molar refractivity (Wildman–Crippen MR) is 86.9 cm³/mol. The molecule has 0 aliphatic carbocycles. The van der Waals surface area contributed by atoms with Gasteiger partial charge in [0, 0.05) is 6.04 Å². The number of allylic oxidation sites excluding steroid dienone is 1. The quantitative estimate of drug-likeness (QED) is 0.556. The van der Waals surface area contributed by atoms with Crippen LogP contribution in [-0.4, -0.2) is 19.1 Å². The van der Waals surface area contributed by atoms with Gasteiger partial charge in [0.25, 0.3) is 0 Å². The molecule has 0 radical (unpaired) electrons. The molecule has 3 heteroatoms. The van der Waals surface area contributed by atoms with Crippen LogP contribution < -0.4 is 5.32 Å². The molecule has 0 spiro atoms. The first-order chi connectivity index (χ1) is 10.1. The van der Waals surface area contributed by atoms with E-state index in [0.717, 1.165) is 18.4 Å². The number of rotatable bonds is 9. The molecule has 1 unspecified atom stereocenters. The smallest absolute Gasteiger partial charge is 0.327 e. The lowest BCUT2D eigenvalue weighted by Crippen LogP contribution is -2.40. The molecule has 0 aliphatic rings. The number of methoxy groups -OCH3 is 1. The van der Waals surface area contributed by atoms with Crippen molar-refractivity contribution in [2.24, 2.45) is 5.92 Å². The van der Waals surface area contributed by atoms with Crippen LogP contribution in [0.1, 0.15) is 31.4 Å². The van der Waals surface area contributed by atoms with Crippen molar-refractivity contribution in [1.29, 1.82) is 0 Å². The molecule has 0 bridgehead atoms. The van der Waals surface area contributed by atoms with Gasteiger partial charge in [-0.15, -0.1) is 13.2 Å². The minimum atomic E-state index is -0.464. The van der Waals surface area contributed by atoms with Gasteiger partial charge >= 0.3 is 5.97 Å². The fourth-order valence-electron chi connectivity index (χ4n) is 2.24. The SMILES string of the molecule is C=CCC[C@@H](N[C@H](C(=O)OC)c1ccccc1)C(C)C=C. The summed E-state index contributed by atoms with van der Waals surface area (Å²) in [5, 5.41) is 3.41. The molecule has 21 heavy (non-hydrogen) atoms. The van der Waals surface area contributed by atoms with E-state index in [2.05, 4.69) is 25.4 Å². The number of hydrogen-bond donors (Lipinski definition) is 1. The van der Waals surface area contributed by atoms with Gasteiger partial charge < -0.3 is 4.74 Å². The predicted octanol–water partition coefficient (Wildman–Crippen LogP) is 3.65. The Morgan fingerprint density at radius 1 is 1.33 bits per heavy atom. The average Bonchev–Trinajstić information content (AvgIpc) is 2.54. The molecule has 114 valence electrons. The zero-order valence-electron chi connectivity index (χ0n) is 12.9. The summed E-state index contributed by atoms with van der Waals surface area (Å²) in [5.41, 5.74) is 0.907. The molecule has 1 aromatic rings. The molecule has 0 heterocycles. The van der Waals surface area contributed by atoms with E-state index in [1.54, 1.807) is 0 Å². The number of carbonyl (C=O) groups is 1. The lowest BCUT2D eigenvalue weighted by Gasteiger charge is -2.27. The van der Waals surface area contributed by atoms with Crippen LogP contribution in [0, 0.1) is 5.92 Å². The summed E-state index contributed by atoms with van der Waals surface area (Å²) in [7, 11) is 1.41. The van der Waals surface area contributed by atoms with Crippen LogP contribution in [0.4, 0.5) is 0 Å². The molecule has 1 N–H and O–H groups in total. The molecule has 0 fully saturated rings. The van der Waals surface area contributed by atoms with E-state index in [4.69, 9.17) is 4.74 Å². The van der Waals surface area contributed by atoms with Gasteiger partial charge in [0.15, 0.2) is 0 Å². The van der Waals surface area contributed by atoms with Crippen LogP contribution in [0.25, 0.3) is 0 Å². The highest BCUT2D eigenvalue weighted by Gasteiger charge is 2.26. The zero-order chi connectivity index (χ0) is 15.7. The van der Waals surface area contributed by atoms with Crippen molar-refractivity contribution in [1.82, 2.24) is 5.32 Å². The van der Waals surface area contributed by atoms with E-state index in [-0.39, 0.29) is 17.9 Å². The van der Waals surface area contributed by atoms with Gasteiger partial charge in [0.1, 0.15) is 6.04 Å². The maximum atomic E-state index is 12.1. The Bertz CT molecular complexity index is 456. The third-order valence-corrected chi connectivity index (χ3v) is 3.64. The number of ether oxygens (including phenoxy) is 1. The molecule has 0 saturated carbocycles. The first-order valence-corrected chi connectivity index (χ1v) is 7.26. The Balaban J connectivity index is 2.94. The van der Waals surface area contributed by atoms with Gasteiger partial charge in [0.05, 0.1) is 7.11 Å². The van der Waals surface area contributed by atoms with Crippen LogP contribution in [0.2, 0.25) is 0 Å². The van der Waals surface area contributed by atoms with Crippen LogP contribution >= 0.6 is 0 Å². The first-order valence-electron chi connectivity index (χ1n) is 7.26. The molecular formula is C18H25NO2. The number of carbonyl (C=O) groups excluding carboxylic acids is 1. The zero-order valence-corrected chi connectivity index (χ0v) is 12.9. The standard InChI is InChI=1S/C18H25NO2/c1-5-7-13-16(14(3)6-2)19-17(18(20)21-4)15-11-9-8-10-12-15/h5-6,8-12,14,16-17,19H,1-2,7,13H2,3-4H3/t14?,16-,17+/m1/s1. The van der Waals surface area contributed by atoms with Crippen LogP contribution in [0.3, 0.4) is 0 Å². The third kappa shape index (κ3) is 5.20. The van der Waals surface area contributed by atoms with Gasteiger partial charge in [-0.2, -0.15) is 0 Å². The van der Waals surface area contributed by atoms with Crippen molar-refractivity contribution < 1.29 is 9.53 Å². The summed E-state index contributed by atoms with van der Waals surface area (Å²) in [6, 6.07) is 9.30. The van der Waals surface area contributed by atoms with Crippen molar-refractivity contribution >= 4 is 5.97 Å². The average molecular weight is 287 g/mol. The van der Waals surface area contributed by atoms with Crippen molar-refractivity contribution in [2.45, 2.75) is 31.8 Å². The van der Waals surface area contributed by atoms with Gasteiger partial charge in [-0.1, -0.05) is 49.4 Å². The maximum Gasteiger partial charge on any atom is 0.327 e. The molecule has 0 amide bonds. The minimum absolute atomic E-state index is 0.143. The van der Waals surface area contributed by atoms with E-state index in [1.807, 2.05) is 42.5 Å². The Labute approximate surface area is 127 Å². The highest BCUT2D eigenvalue weighted by molar-refractivity contribution is 5.77. The molecule has 1 rings (SSSR count). The Morgan fingerprint density at radius 2 is 2.00 bits per heavy atom. The van der Waals surface area contributed by atoms with Gasteiger partial charge in [0.2, 0.25) is 0 Å². The molecule has 0 aromatic heterocycles. The number of nitrogens with one attached hydrogen (secondary N) is 1. The highest BCUT2D eigenvalue weighted by Crippen LogP contribution is 2.20. The van der Waals surface area contributed by atoms with Gasteiger partial charge in [-0.3, -0.25) is 5.32 Å². The molecule has 3 nitrogen and oxygen atoms in total. The molecule has 0 aliphatic heterocycles. The molecule has 0 saturated heterocycles. The molecule has 3 atom stereocenters. The normalized spacial score (nSPS) is 14.8. The summed E-state index contributed by atoms with van der Waals surface area (Å²) in [4.78, 5) is 12.1. The fraction of sp³-hybridized carbons (Fsp3) is 0.389. The highest BCUT2D eigenvalue weighted by atomic mass is 16.5. The van der Waals surface area contributed by atoms with Gasteiger partial charge in [-0.05, 0) is 24.3 Å². The van der Waals surface area contributed by atoms with Crippen LogP contribution in [0.5, 0.6) is 0 Å². The molecular weight excluding hydrogens is 262 g/mol.